The number of carbonyl (C=O) groups excluding carboxylic acids is 1. The Morgan fingerprint density at radius 2 is 1.68 bits per heavy atom. The van der Waals surface area contributed by atoms with E-state index in [0.29, 0.717) is 12.1 Å². The van der Waals surface area contributed by atoms with Gasteiger partial charge in [-0.25, -0.2) is 4.39 Å². The van der Waals surface area contributed by atoms with Crippen molar-refractivity contribution in [2.75, 3.05) is 6.79 Å². The maximum absolute atomic E-state index is 13.2. The Labute approximate surface area is 252 Å². The van der Waals surface area contributed by atoms with E-state index in [-0.39, 0.29) is 29.7 Å². The number of hydrogen-bond acceptors (Lipinski definition) is 12. The molecule has 8 N–H and O–H groups in total. The van der Waals surface area contributed by atoms with Crippen molar-refractivity contribution in [3.05, 3.63) is 65.0 Å². The molecule has 0 bridgehead atoms. The van der Waals surface area contributed by atoms with Crippen molar-refractivity contribution in [1.29, 1.82) is 0 Å². The van der Waals surface area contributed by atoms with Gasteiger partial charge >= 0.3 is 0 Å². The number of benzene rings is 2. The summed E-state index contributed by atoms with van der Waals surface area (Å²) in [5, 5.41) is 68.7. The van der Waals surface area contributed by atoms with Crippen LogP contribution in [0.15, 0.2) is 48.0 Å². The van der Waals surface area contributed by atoms with Gasteiger partial charge in [-0.3, -0.25) is 4.79 Å². The lowest BCUT2D eigenvalue weighted by Gasteiger charge is -2.41. The summed E-state index contributed by atoms with van der Waals surface area (Å²) in [6.45, 7) is 3.47. The molecule has 44 heavy (non-hydrogen) atoms. The Hall–Kier alpha value is -3.18. The molecule has 2 aliphatic heterocycles. The molecular weight excluding hydrogens is 583 g/mol. The van der Waals surface area contributed by atoms with Crippen LogP contribution >= 0.6 is 0 Å². The van der Waals surface area contributed by atoms with E-state index in [9.17, 15) is 39.8 Å². The average Bonchev–Trinajstić information content (AvgIpc) is 3.60. The van der Waals surface area contributed by atoms with Crippen molar-refractivity contribution < 1.29 is 58.8 Å². The van der Waals surface area contributed by atoms with Crippen LogP contribution in [0, 0.1) is 5.82 Å². The van der Waals surface area contributed by atoms with E-state index >= 15 is 0 Å². The fourth-order valence-corrected chi connectivity index (χ4v) is 5.57. The second-order valence-corrected chi connectivity index (χ2v) is 11.3. The maximum atomic E-state index is 13.2. The Morgan fingerprint density at radius 1 is 1.00 bits per heavy atom. The molecule has 13 nitrogen and oxygen atoms in total. The number of phenols is 1. The van der Waals surface area contributed by atoms with Crippen LogP contribution < -0.4 is 15.4 Å². The molecule has 5 rings (SSSR count). The molecule has 11 atom stereocenters. The Kier molecular flexibility index (Phi) is 9.84. The van der Waals surface area contributed by atoms with Gasteiger partial charge in [-0.2, -0.15) is 0 Å². The first kappa shape index (κ1) is 32.2. The van der Waals surface area contributed by atoms with E-state index in [1.807, 2.05) is 0 Å². The Morgan fingerprint density at radius 3 is 2.36 bits per heavy atom. The minimum Gasteiger partial charge on any atom is -0.504 e. The van der Waals surface area contributed by atoms with Gasteiger partial charge in [-0.1, -0.05) is 18.2 Å². The van der Waals surface area contributed by atoms with Crippen LogP contribution in [0.25, 0.3) is 6.08 Å². The number of rotatable bonds is 9. The van der Waals surface area contributed by atoms with Crippen LogP contribution in [0.3, 0.4) is 0 Å². The molecule has 2 aromatic rings. The summed E-state index contributed by atoms with van der Waals surface area (Å²) >= 11 is 0. The molecule has 2 aromatic carbocycles. The van der Waals surface area contributed by atoms with Gasteiger partial charge in [-0.05, 0) is 55.3 Å². The molecule has 1 amide bonds. The zero-order chi connectivity index (χ0) is 31.7. The third kappa shape index (κ3) is 6.73. The summed E-state index contributed by atoms with van der Waals surface area (Å²) in [5.74, 6) is -1.35. The van der Waals surface area contributed by atoms with E-state index < -0.39 is 73.1 Å². The van der Waals surface area contributed by atoms with Gasteiger partial charge in [0.15, 0.2) is 11.5 Å². The summed E-state index contributed by atoms with van der Waals surface area (Å²) in [6.07, 6.45) is -9.40. The molecule has 0 aromatic heterocycles. The van der Waals surface area contributed by atoms with Crippen LogP contribution in [0.2, 0.25) is 0 Å². The number of amides is 1. The fourth-order valence-electron chi connectivity index (χ4n) is 5.57. The Bertz CT molecular complexity index is 1340. The van der Waals surface area contributed by atoms with Crippen molar-refractivity contribution >= 4 is 12.0 Å². The van der Waals surface area contributed by atoms with E-state index in [2.05, 4.69) is 10.6 Å². The highest BCUT2D eigenvalue weighted by Crippen LogP contribution is 2.33. The van der Waals surface area contributed by atoms with Crippen molar-refractivity contribution in [2.45, 2.75) is 87.6 Å². The second kappa shape index (κ2) is 13.4. The van der Waals surface area contributed by atoms with Crippen LogP contribution in [0.1, 0.15) is 25.0 Å². The van der Waals surface area contributed by atoms with Gasteiger partial charge < -0.3 is 60.2 Å². The monoisotopic (exact) mass is 620 g/mol. The number of fused-ring (bicyclic) bond motifs is 1. The van der Waals surface area contributed by atoms with E-state index in [4.69, 9.17) is 18.9 Å². The van der Waals surface area contributed by atoms with Gasteiger partial charge in [0, 0.05) is 18.2 Å². The van der Waals surface area contributed by atoms with E-state index in [1.54, 1.807) is 19.1 Å². The van der Waals surface area contributed by atoms with Crippen molar-refractivity contribution in [1.82, 2.24) is 10.6 Å². The highest BCUT2D eigenvalue weighted by atomic mass is 19.1. The molecule has 240 valence electrons. The number of aliphatic hydroxyl groups is 5. The quantitative estimate of drug-likeness (QED) is 0.164. The molecule has 2 unspecified atom stereocenters. The zero-order valence-corrected chi connectivity index (χ0v) is 24.0. The number of nitrogens with one attached hydrogen (secondary N) is 2. The van der Waals surface area contributed by atoms with E-state index in [1.165, 1.54) is 43.3 Å². The highest BCUT2D eigenvalue weighted by molar-refractivity contribution is 5.97. The molecule has 2 saturated heterocycles. The molecule has 1 saturated carbocycles. The summed E-state index contributed by atoms with van der Waals surface area (Å²) < 4.78 is 35.1. The van der Waals surface area contributed by atoms with Gasteiger partial charge in [0.05, 0.1) is 6.04 Å². The van der Waals surface area contributed by atoms with Gasteiger partial charge in [0.1, 0.15) is 61.4 Å². The minimum atomic E-state index is -1.50. The number of halogens is 1. The number of aromatic hydroxyl groups is 1. The number of ether oxygens (including phenoxy) is 4. The second-order valence-electron chi connectivity index (χ2n) is 11.3. The smallest absolute Gasteiger partial charge is 0.247 e. The normalized spacial score (nSPS) is 34.4. The van der Waals surface area contributed by atoms with Crippen LogP contribution in [0.5, 0.6) is 11.5 Å². The number of phenolic OH excluding ortho intramolecular Hbond substituents is 1. The van der Waals surface area contributed by atoms with Crippen molar-refractivity contribution in [3.8, 4) is 11.5 Å². The largest absolute Gasteiger partial charge is 0.504 e. The van der Waals surface area contributed by atoms with Crippen LogP contribution in [-0.4, -0.2) is 111 Å². The highest BCUT2D eigenvalue weighted by Gasteiger charge is 2.53. The van der Waals surface area contributed by atoms with Crippen LogP contribution in [-0.2, 0) is 25.5 Å². The third-order valence-corrected chi connectivity index (χ3v) is 8.16. The average molecular weight is 621 g/mol. The summed E-state index contributed by atoms with van der Waals surface area (Å²) in [4.78, 5) is 12.9. The molecule has 14 heteroatoms. The van der Waals surface area contributed by atoms with Gasteiger partial charge in [-0.15, -0.1) is 0 Å². The number of hydrogen-bond donors (Lipinski definition) is 8. The summed E-state index contributed by atoms with van der Waals surface area (Å²) in [6, 6.07) is 8.56. The molecule has 3 fully saturated rings. The number of aliphatic hydroxyl groups excluding tert-OH is 5. The first-order valence-corrected chi connectivity index (χ1v) is 14.2. The van der Waals surface area contributed by atoms with Gasteiger partial charge in [0.2, 0.25) is 12.2 Å². The lowest BCUT2D eigenvalue weighted by Crippen LogP contribution is -2.67. The van der Waals surface area contributed by atoms with Crippen molar-refractivity contribution in [2.24, 2.45) is 0 Å². The zero-order valence-electron chi connectivity index (χ0n) is 24.0. The maximum Gasteiger partial charge on any atom is 0.247 e. The first-order valence-electron chi connectivity index (χ1n) is 14.2. The lowest BCUT2D eigenvalue weighted by molar-refractivity contribution is -0.155. The molecular formula is C30H37FN2O11. The fraction of sp³-hybridized carbons (Fsp3) is 0.500. The van der Waals surface area contributed by atoms with Crippen molar-refractivity contribution in [3.63, 3.8) is 0 Å². The SMILES string of the molecule is C/C(=C/c1ccc(O[C@@H]2OC(C(C)NCc3ccc(F)cc3)[C@@H](O)[C@@H]2O)c(O)c1)C(=O)N[C@@H]1[C@H](O)[C@@H](O)[C@H]2OCO[C@H]2[C@@H]1O. The minimum absolute atomic E-state index is 0.0381. The first-order chi connectivity index (χ1) is 20.9. The Balaban J connectivity index is 1.18. The predicted molar refractivity (Wildman–Crippen MR) is 150 cm³/mol. The summed E-state index contributed by atoms with van der Waals surface area (Å²) in [5.41, 5.74) is 1.39. The van der Waals surface area contributed by atoms with Crippen LogP contribution in [0.4, 0.5) is 4.39 Å². The standard InChI is InChI=1S/C30H37FN2O11/c1-13(29(40)33-20-21(35)23(37)28-27(22(20)36)41-12-42-28)9-16-5-8-19(18(34)10-16)43-30-25(39)24(38)26(44-30)14(2)32-11-15-3-6-17(31)7-4-15/h3-10,14,20-28,30,32,34-39H,11-12H2,1-2H3,(H,33,40)/b13-9-/t14?,20-,21+,22-,23-,24+,25+,26?,27+,28-,30-/m1/s1. The van der Waals surface area contributed by atoms with Gasteiger partial charge in [0.25, 0.3) is 0 Å². The molecule has 2 heterocycles. The number of carbonyl (C=O) groups is 1. The molecule has 1 aliphatic carbocycles. The third-order valence-electron chi connectivity index (χ3n) is 8.16. The topological polar surface area (TPSA) is 199 Å². The molecule has 0 spiro atoms. The van der Waals surface area contributed by atoms with E-state index in [0.717, 1.165) is 5.56 Å². The predicted octanol–water partition coefficient (Wildman–Crippen LogP) is -0.739. The summed E-state index contributed by atoms with van der Waals surface area (Å²) in [7, 11) is 0. The molecule has 0 radical (unpaired) electrons. The molecule has 3 aliphatic rings. The lowest BCUT2D eigenvalue weighted by atomic mass is 9.83.